The predicted molar refractivity (Wildman–Crippen MR) is 63.5 cm³/mol. The van der Waals surface area contributed by atoms with E-state index < -0.39 is 10.0 Å². The molecule has 0 atom stereocenters. The van der Waals surface area contributed by atoms with Gasteiger partial charge in [0.1, 0.15) is 0 Å². The fraction of sp³-hybridized carbons (Fsp3) is 0.556. The third kappa shape index (κ3) is 5.27. The first-order valence-corrected chi connectivity index (χ1v) is 7.42. The van der Waals surface area contributed by atoms with Gasteiger partial charge in [-0.15, -0.1) is 0 Å². The molecule has 0 aliphatic carbocycles. The fourth-order valence-electron chi connectivity index (χ4n) is 1.04. The van der Waals surface area contributed by atoms with E-state index in [-0.39, 0.29) is 5.75 Å². The van der Waals surface area contributed by atoms with Crippen LogP contribution >= 0.6 is 11.3 Å². The monoisotopic (exact) mass is 248 g/mol. The molecule has 0 aliphatic rings. The number of hydrogen-bond acceptors (Lipinski definition) is 4. The van der Waals surface area contributed by atoms with Crippen LogP contribution in [0.25, 0.3) is 0 Å². The smallest absolute Gasteiger partial charge is 0.213 e. The highest BCUT2D eigenvalue weighted by Crippen LogP contribution is 2.05. The van der Waals surface area contributed by atoms with Crippen LogP contribution in [0.1, 0.15) is 12.5 Å². The van der Waals surface area contributed by atoms with Crippen LogP contribution in [0.3, 0.4) is 0 Å². The first-order chi connectivity index (χ1) is 7.14. The van der Waals surface area contributed by atoms with Gasteiger partial charge in [0, 0.05) is 13.1 Å². The molecule has 0 aliphatic heterocycles. The first-order valence-electron chi connectivity index (χ1n) is 4.83. The van der Waals surface area contributed by atoms with Crippen molar-refractivity contribution in [3.63, 3.8) is 0 Å². The summed E-state index contributed by atoms with van der Waals surface area (Å²) in [5.74, 6) is 0.130. The Morgan fingerprint density at radius 1 is 1.47 bits per heavy atom. The molecule has 0 aromatic carbocycles. The molecule has 2 N–H and O–H groups in total. The minimum atomic E-state index is -3.14. The Morgan fingerprint density at radius 3 is 2.87 bits per heavy atom. The number of sulfonamides is 1. The summed E-state index contributed by atoms with van der Waals surface area (Å²) in [6.07, 6.45) is 0. The molecule has 0 bridgehead atoms. The molecule has 15 heavy (non-hydrogen) atoms. The van der Waals surface area contributed by atoms with Gasteiger partial charge in [0.2, 0.25) is 10.0 Å². The van der Waals surface area contributed by atoms with Crippen LogP contribution < -0.4 is 10.0 Å². The molecular formula is C9H16N2O2S2. The van der Waals surface area contributed by atoms with Crippen LogP contribution in [0.15, 0.2) is 16.8 Å². The van der Waals surface area contributed by atoms with E-state index in [1.807, 2.05) is 23.8 Å². The van der Waals surface area contributed by atoms with Crippen LogP contribution in [0.2, 0.25) is 0 Å². The number of nitrogens with one attached hydrogen (secondary N) is 2. The van der Waals surface area contributed by atoms with Crippen molar-refractivity contribution >= 4 is 21.4 Å². The molecule has 4 nitrogen and oxygen atoms in total. The van der Waals surface area contributed by atoms with Gasteiger partial charge >= 0.3 is 0 Å². The van der Waals surface area contributed by atoms with Crippen molar-refractivity contribution in [1.29, 1.82) is 0 Å². The van der Waals surface area contributed by atoms with Crippen molar-refractivity contribution in [1.82, 2.24) is 10.0 Å². The van der Waals surface area contributed by atoms with E-state index in [1.165, 1.54) is 0 Å². The summed E-state index contributed by atoms with van der Waals surface area (Å²) in [4.78, 5) is 0. The van der Waals surface area contributed by atoms with Gasteiger partial charge in [-0.05, 0) is 28.9 Å². The average molecular weight is 248 g/mol. The van der Waals surface area contributed by atoms with Gasteiger partial charge in [-0.25, -0.2) is 13.1 Å². The number of hydrogen-bond donors (Lipinski definition) is 2. The molecule has 1 aromatic heterocycles. The van der Waals surface area contributed by atoms with Crippen molar-refractivity contribution in [3.05, 3.63) is 22.4 Å². The van der Waals surface area contributed by atoms with Crippen molar-refractivity contribution in [2.24, 2.45) is 0 Å². The standard InChI is InChI=1S/C9H16N2O2S2/c1-2-10-4-6-15(12,13)11-7-9-3-5-14-8-9/h3,5,8,10-11H,2,4,6-7H2,1H3. The van der Waals surface area contributed by atoms with Gasteiger partial charge in [0.05, 0.1) is 5.75 Å². The molecule has 86 valence electrons. The highest BCUT2D eigenvalue weighted by atomic mass is 32.2. The Balaban J connectivity index is 2.30. The molecule has 0 amide bonds. The van der Waals surface area contributed by atoms with Gasteiger partial charge in [0.15, 0.2) is 0 Å². The highest BCUT2D eigenvalue weighted by molar-refractivity contribution is 7.89. The van der Waals surface area contributed by atoms with Crippen LogP contribution in [0.5, 0.6) is 0 Å². The zero-order valence-electron chi connectivity index (χ0n) is 8.69. The van der Waals surface area contributed by atoms with Crippen molar-refractivity contribution in [2.45, 2.75) is 13.5 Å². The van der Waals surface area contributed by atoms with E-state index in [1.54, 1.807) is 11.3 Å². The molecule has 1 rings (SSSR count). The topological polar surface area (TPSA) is 58.2 Å². The van der Waals surface area contributed by atoms with Gasteiger partial charge in [-0.2, -0.15) is 11.3 Å². The van der Waals surface area contributed by atoms with Crippen LogP contribution in [-0.4, -0.2) is 27.3 Å². The SMILES string of the molecule is CCNCCS(=O)(=O)NCc1ccsc1. The maximum atomic E-state index is 11.5. The first kappa shape index (κ1) is 12.6. The van der Waals surface area contributed by atoms with Gasteiger partial charge in [-0.3, -0.25) is 0 Å². The van der Waals surface area contributed by atoms with Gasteiger partial charge in [-0.1, -0.05) is 6.92 Å². The molecule has 6 heteroatoms. The van der Waals surface area contributed by atoms with Crippen molar-refractivity contribution in [3.8, 4) is 0 Å². The maximum Gasteiger partial charge on any atom is 0.213 e. The van der Waals surface area contributed by atoms with E-state index in [0.29, 0.717) is 13.1 Å². The highest BCUT2D eigenvalue weighted by Gasteiger charge is 2.08. The maximum absolute atomic E-state index is 11.5. The lowest BCUT2D eigenvalue weighted by Crippen LogP contribution is -2.31. The Kier molecular flexibility index (Phi) is 5.24. The molecule has 0 saturated carbocycles. The summed E-state index contributed by atoms with van der Waals surface area (Å²) >= 11 is 1.56. The quantitative estimate of drug-likeness (QED) is 0.701. The third-order valence-corrected chi connectivity index (χ3v) is 3.93. The predicted octanol–water partition coefficient (Wildman–Crippen LogP) is 0.777. The third-order valence-electron chi connectivity index (χ3n) is 1.87. The second-order valence-electron chi connectivity index (χ2n) is 3.13. The van der Waals surface area contributed by atoms with Crippen molar-refractivity contribution < 1.29 is 8.42 Å². The molecule has 0 spiro atoms. The lowest BCUT2D eigenvalue weighted by molar-refractivity contribution is 0.577. The number of rotatable bonds is 7. The van der Waals surface area contributed by atoms with Crippen LogP contribution in [0, 0.1) is 0 Å². The molecule has 0 saturated heterocycles. The zero-order chi connectivity index (χ0) is 11.1. The average Bonchev–Trinajstić information content (AvgIpc) is 2.68. The lowest BCUT2D eigenvalue weighted by Gasteiger charge is -2.05. The van der Waals surface area contributed by atoms with Crippen LogP contribution in [-0.2, 0) is 16.6 Å². The van der Waals surface area contributed by atoms with E-state index in [2.05, 4.69) is 10.0 Å². The van der Waals surface area contributed by atoms with E-state index in [0.717, 1.165) is 12.1 Å². The minimum Gasteiger partial charge on any atom is -0.316 e. The van der Waals surface area contributed by atoms with E-state index in [9.17, 15) is 8.42 Å². The Morgan fingerprint density at radius 2 is 2.27 bits per heavy atom. The Hall–Kier alpha value is -0.430. The van der Waals surface area contributed by atoms with Gasteiger partial charge in [0.25, 0.3) is 0 Å². The molecule has 0 radical (unpaired) electrons. The fourth-order valence-corrected chi connectivity index (χ4v) is 2.65. The summed E-state index contributed by atoms with van der Waals surface area (Å²) in [6, 6.07) is 1.91. The molecular weight excluding hydrogens is 232 g/mol. The zero-order valence-corrected chi connectivity index (χ0v) is 10.3. The molecule has 0 fully saturated rings. The Labute approximate surface area is 94.8 Å². The normalized spacial score (nSPS) is 11.8. The van der Waals surface area contributed by atoms with Crippen LogP contribution in [0.4, 0.5) is 0 Å². The largest absolute Gasteiger partial charge is 0.316 e. The number of thiophene rings is 1. The second kappa shape index (κ2) is 6.22. The summed E-state index contributed by atoms with van der Waals surface area (Å²) in [5.41, 5.74) is 1.01. The summed E-state index contributed by atoms with van der Waals surface area (Å²) in [6.45, 7) is 3.62. The minimum absolute atomic E-state index is 0.130. The second-order valence-corrected chi connectivity index (χ2v) is 5.83. The van der Waals surface area contributed by atoms with E-state index in [4.69, 9.17) is 0 Å². The van der Waals surface area contributed by atoms with Gasteiger partial charge < -0.3 is 5.32 Å². The summed E-state index contributed by atoms with van der Waals surface area (Å²) < 4.78 is 25.5. The molecule has 0 unspecified atom stereocenters. The molecule has 1 aromatic rings. The molecule has 1 heterocycles. The lowest BCUT2D eigenvalue weighted by atomic mass is 10.4. The van der Waals surface area contributed by atoms with Crippen molar-refractivity contribution in [2.75, 3.05) is 18.8 Å². The van der Waals surface area contributed by atoms with E-state index >= 15 is 0 Å². The Bertz CT molecular complexity index is 359. The summed E-state index contributed by atoms with van der Waals surface area (Å²) in [7, 11) is -3.14. The summed E-state index contributed by atoms with van der Waals surface area (Å²) in [5, 5.41) is 6.85.